The Morgan fingerprint density at radius 1 is 1.33 bits per heavy atom. The van der Waals surface area contributed by atoms with Gasteiger partial charge in [-0.15, -0.1) is 0 Å². The minimum absolute atomic E-state index is 0.0974. The summed E-state index contributed by atoms with van der Waals surface area (Å²) in [6.07, 6.45) is 0. The molecule has 3 aromatic rings. The molecule has 0 spiro atoms. The van der Waals surface area contributed by atoms with Gasteiger partial charge in [0.1, 0.15) is 11.8 Å². The van der Waals surface area contributed by atoms with Gasteiger partial charge in [-0.3, -0.25) is 10.1 Å². The Labute approximate surface area is 143 Å². The van der Waals surface area contributed by atoms with Gasteiger partial charge in [-0.05, 0) is 18.2 Å². The average Bonchev–Trinajstić information content (AvgIpc) is 2.85. The summed E-state index contributed by atoms with van der Waals surface area (Å²) in [7, 11) is 1.87. The van der Waals surface area contributed by atoms with E-state index in [1.54, 1.807) is 12.1 Å². The molecule has 3 rings (SSSR count). The van der Waals surface area contributed by atoms with Gasteiger partial charge in [0.25, 0.3) is 5.69 Å². The van der Waals surface area contributed by atoms with Gasteiger partial charge in [0, 0.05) is 29.0 Å². The summed E-state index contributed by atoms with van der Waals surface area (Å²) in [5.74, 6) is 0. The van der Waals surface area contributed by atoms with Crippen molar-refractivity contribution in [2.75, 3.05) is 5.32 Å². The Hall–Kier alpha value is -3.04. The summed E-state index contributed by atoms with van der Waals surface area (Å²) in [4.78, 5) is 10.7. The molecule has 0 aliphatic carbocycles. The molecule has 0 saturated carbocycles. The third-order valence-corrected chi connectivity index (χ3v) is 4.18. The van der Waals surface area contributed by atoms with E-state index in [0.29, 0.717) is 16.3 Å². The summed E-state index contributed by atoms with van der Waals surface area (Å²) < 4.78 is 1.92. The molecule has 0 bridgehead atoms. The van der Waals surface area contributed by atoms with Gasteiger partial charge in [-0.25, -0.2) is 0 Å². The fraction of sp³-hybridized carbons (Fsp3) is 0.118. The van der Waals surface area contributed by atoms with Crippen LogP contribution in [0.1, 0.15) is 11.3 Å². The van der Waals surface area contributed by atoms with E-state index in [1.165, 1.54) is 6.07 Å². The second kappa shape index (κ2) is 6.22. The Morgan fingerprint density at radius 3 is 2.79 bits per heavy atom. The van der Waals surface area contributed by atoms with Gasteiger partial charge in [-0.1, -0.05) is 29.8 Å². The first-order valence-corrected chi connectivity index (χ1v) is 7.55. The summed E-state index contributed by atoms with van der Waals surface area (Å²) in [5, 5.41) is 24.9. The molecule has 0 fully saturated rings. The standard InChI is InChI=1S/C17H13ClN4O2/c1-21-15-5-3-2-4-12(15)13(9-19)17(21)10-20-14-7-6-11(18)8-16(14)22(23)24/h2-8,20H,10H2,1H3. The lowest BCUT2D eigenvalue weighted by Crippen LogP contribution is -2.07. The van der Waals surface area contributed by atoms with Crippen LogP contribution in [0.15, 0.2) is 42.5 Å². The number of rotatable bonds is 4. The molecule has 1 N–H and O–H groups in total. The number of para-hydroxylation sites is 1. The van der Waals surface area contributed by atoms with Gasteiger partial charge in [0.05, 0.1) is 22.7 Å². The van der Waals surface area contributed by atoms with Crippen LogP contribution in [0.3, 0.4) is 0 Å². The van der Waals surface area contributed by atoms with E-state index < -0.39 is 4.92 Å². The number of nitrogens with zero attached hydrogens (tertiary/aromatic N) is 3. The number of aryl methyl sites for hydroxylation is 1. The molecule has 0 saturated heterocycles. The number of hydrogen-bond donors (Lipinski definition) is 1. The van der Waals surface area contributed by atoms with Crippen LogP contribution in [-0.2, 0) is 13.6 Å². The SMILES string of the molecule is Cn1c(CNc2ccc(Cl)cc2[N+](=O)[O-])c(C#N)c2ccccc21. The zero-order chi connectivity index (χ0) is 17.3. The maximum absolute atomic E-state index is 11.2. The van der Waals surface area contributed by atoms with Crippen LogP contribution in [0.4, 0.5) is 11.4 Å². The molecule has 0 amide bonds. The lowest BCUT2D eigenvalue weighted by Gasteiger charge is -2.09. The Morgan fingerprint density at radius 2 is 2.08 bits per heavy atom. The monoisotopic (exact) mass is 340 g/mol. The second-order valence-corrected chi connectivity index (χ2v) is 5.72. The number of nitrogens with one attached hydrogen (secondary N) is 1. The molecule has 0 unspecified atom stereocenters. The van der Waals surface area contributed by atoms with Crippen LogP contribution >= 0.6 is 11.6 Å². The van der Waals surface area contributed by atoms with Crippen LogP contribution < -0.4 is 5.32 Å². The fourth-order valence-corrected chi connectivity index (χ4v) is 2.93. The molecular weight excluding hydrogens is 328 g/mol. The highest BCUT2D eigenvalue weighted by atomic mass is 35.5. The maximum atomic E-state index is 11.2. The summed E-state index contributed by atoms with van der Waals surface area (Å²) in [6, 6.07) is 14.3. The number of nitro benzene ring substituents is 1. The van der Waals surface area contributed by atoms with Crippen molar-refractivity contribution in [2.24, 2.45) is 7.05 Å². The van der Waals surface area contributed by atoms with Crippen molar-refractivity contribution in [1.29, 1.82) is 5.26 Å². The lowest BCUT2D eigenvalue weighted by atomic mass is 10.1. The third-order valence-electron chi connectivity index (χ3n) is 3.94. The largest absolute Gasteiger partial charge is 0.374 e. The van der Waals surface area contributed by atoms with E-state index in [0.717, 1.165) is 16.6 Å². The Balaban J connectivity index is 1.99. The quantitative estimate of drug-likeness (QED) is 0.569. The van der Waals surface area contributed by atoms with E-state index in [4.69, 9.17) is 11.6 Å². The van der Waals surface area contributed by atoms with E-state index >= 15 is 0 Å². The second-order valence-electron chi connectivity index (χ2n) is 5.28. The molecule has 7 heteroatoms. The van der Waals surface area contributed by atoms with E-state index in [-0.39, 0.29) is 12.2 Å². The van der Waals surface area contributed by atoms with Gasteiger partial charge in [-0.2, -0.15) is 5.26 Å². The number of nitriles is 1. The zero-order valence-corrected chi connectivity index (χ0v) is 13.5. The highest BCUT2D eigenvalue weighted by Crippen LogP contribution is 2.30. The van der Waals surface area contributed by atoms with Crippen molar-refractivity contribution in [2.45, 2.75) is 6.54 Å². The van der Waals surface area contributed by atoms with Crippen molar-refractivity contribution in [3.8, 4) is 6.07 Å². The highest BCUT2D eigenvalue weighted by Gasteiger charge is 2.17. The molecule has 1 heterocycles. The number of aromatic nitrogens is 1. The average molecular weight is 341 g/mol. The summed E-state index contributed by atoms with van der Waals surface area (Å²) in [5.41, 5.74) is 2.54. The van der Waals surface area contributed by atoms with Crippen LogP contribution in [0.5, 0.6) is 0 Å². The van der Waals surface area contributed by atoms with Crippen molar-refractivity contribution >= 4 is 33.9 Å². The predicted octanol–water partition coefficient (Wildman–Crippen LogP) is 4.22. The lowest BCUT2D eigenvalue weighted by molar-refractivity contribution is -0.383. The number of fused-ring (bicyclic) bond motifs is 1. The Bertz CT molecular complexity index is 988. The van der Waals surface area contributed by atoms with E-state index in [1.807, 2.05) is 35.9 Å². The van der Waals surface area contributed by atoms with Crippen molar-refractivity contribution < 1.29 is 4.92 Å². The number of hydrogen-bond acceptors (Lipinski definition) is 4. The molecule has 6 nitrogen and oxygen atoms in total. The molecule has 0 aliphatic rings. The normalized spacial score (nSPS) is 10.5. The maximum Gasteiger partial charge on any atom is 0.293 e. The molecule has 1 aromatic heterocycles. The molecule has 120 valence electrons. The molecule has 24 heavy (non-hydrogen) atoms. The van der Waals surface area contributed by atoms with Crippen molar-refractivity contribution in [3.63, 3.8) is 0 Å². The molecular formula is C17H13ClN4O2. The van der Waals surface area contributed by atoms with Gasteiger partial charge in [0.15, 0.2) is 0 Å². The highest BCUT2D eigenvalue weighted by molar-refractivity contribution is 6.30. The minimum Gasteiger partial charge on any atom is -0.374 e. The van der Waals surface area contributed by atoms with Gasteiger partial charge < -0.3 is 9.88 Å². The number of anilines is 1. The van der Waals surface area contributed by atoms with Gasteiger partial charge in [0.2, 0.25) is 0 Å². The Kier molecular flexibility index (Phi) is 4.11. The number of halogens is 1. The molecule has 0 radical (unpaired) electrons. The molecule has 0 aliphatic heterocycles. The smallest absolute Gasteiger partial charge is 0.293 e. The van der Waals surface area contributed by atoms with E-state index in [9.17, 15) is 15.4 Å². The predicted molar refractivity (Wildman–Crippen MR) is 93.1 cm³/mol. The molecule has 2 aromatic carbocycles. The van der Waals surface area contributed by atoms with Crippen LogP contribution in [0, 0.1) is 21.4 Å². The van der Waals surface area contributed by atoms with Crippen LogP contribution in [0.25, 0.3) is 10.9 Å². The fourth-order valence-electron chi connectivity index (χ4n) is 2.76. The molecule has 0 atom stereocenters. The summed E-state index contributed by atoms with van der Waals surface area (Å²) in [6.45, 7) is 0.288. The first-order chi connectivity index (χ1) is 11.5. The van der Waals surface area contributed by atoms with Gasteiger partial charge >= 0.3 is 0 Å². The zero-order valence-electron chi connectivity index (χ0n) is 12.8. The minimum atomic E-state index is -0.485. The van der Waals surface area contributed by atoms with Crippen molar-refractivity contribution in [1.82, 2.24) is 4.57 Å². The van der Waals surface area contributed by atoms with Crippen molar-refractivity contribution in [3.05, 3.63) is 68.9 Å². The topological polar surface area (TPSA) is 83.9 Å². The number of benzene rings is 2. The third kappa shape index (κ3) is 2.66. The first-order valence-electron chi connectivity index (χ1n) is 7.17. The van der Waals surface area contributed by atoms with Crippen LogP contribution in [-0.4, -0.2) is 9.49 Å². The van der Waals surface area contributed by atoms with Crippen LogP contribution in [0.2, 0.25) is 5.02 Å². The van der Waals surface area contributed by atoms with E-state index in [2.05, 4.69) is 11.4 Å². The first kappa shape index (κ1) is 15.8. The summed E-state index contributed by atoms with van der Waals surface area (Å²) >= 11 is 5.83. The number of nitro groups is 1.